The maximum atomic E-state index is 13.5. The monoisotopic (exact) mass is 364 g/mol. The third kappa shape index (κ3) is 5.76. The number of amides is 2. The molecule has 0 unspecified atom stereocenters. The van der Waals surface area contributed by atoms with Gasteiger partial charge >= 0.3 is 0 Å². The van der Waals surface area contributed by atoms with E-state index in [1.165, 1.54) is 7.11 Å². The smallest absolute Gasteiger partial charge is 0.257 e. The summed E-state index contributed by atoms with van der Waals surface area (Å²) in [5.41, 5.74) is -0.669. The lowest BCUT2D eigenvalue weighted by atomic mass is 10.2. The number of rotatable bonds is 7. The van der Waals surface area contributed by atoms with E-state index in [1.54, 1.807) is 0 Å². The van der Waals surface area contributed by atoms with Crippen LogP contribution in [0.1, 0.15) is 16.8 Å². The van der Waals surface area contributed by atoms with Crippen LogP contribution in [0.2, 0.25) is 0 Å². The highest BCUT2D eigenvalue weighted by molar-refractivity contribution is 9.10. The molecule has 0 aliphatic heterocycles. The van der Waals surface area contributed by atoms with Gasteiger partial charge in [0.05, 0.1) is 6.61 Å². The van der Waals surface area contributed by atoms with Crippen molar-refractivity contribution in [2.45, 2.75) is 6.42 Å². The lowest BCUT2D eigenvalue weighted by Crippen LogP contribution is -2.32. The molecule has 0 bridgehead atoms. The van der Waals surface area contributed by atoms with Gasteiger partial charge in [0, 0.05) is 31.1 Å². The van der Waals surface area contributed by atoms with Crippen LogP contribution in [0.4, 0.5) is 8.78 Å². The van der Waals surface area contributed by atoms with Crippen LogP contribution in [-0.4, -0.2) is 38.6 Å². The summed E-state index contributed by atoms with van der Waals surface area (Å²) in [4.78, 5) is 23.0. The van der Waals surface area contributed by atoms with Gasteiger partial charge in [-0.3, -0.25) is 9.59 Å². The van der Waals surface area contributed by atoms with Crippen LogP contribution in [0.25, 0.3) is 0 Å². The van der Waals surface area contributed by atoms with Crippen LogP contribution in [-0.2, 0) is 9.53 Å². The third-order valence-corrected chi connectivity index (χ3v) is 2.96. The summed E-state index contributed by atoms with van der Waals surface area (Å²) in [5, 5.41) is 4.85. The maximum Gasteiger partial charge on any atom is 0.257 e. The molecule has 0 heterocycles. The lowest BCUT2D eigenvalue weighted by Gasteiger charge is -2.08. The molecule has 0 spiro atoms. The van der Waals surface area contributed by atoms with Crippen molar-refractivity contribution >= 4 is 27.7 Å². The fraction of sp³-hybridized carbons (Fsp3) is 0.385. The van der Waals surface area contributed by atoms with E-state index in [4.69, 9.17) is 4.74 Å². The van der Waals surface area contributed by atoms with Gasteiger partial charge < -0.3 is 15.4 Å². The van der Waals surface area contributed by atoms with Gasteiger partial charge in [-0.25, -0.2) is 8.78 Å². The van der Waals surface area contributed by atoms with Gasteiger partial charge in [0.15, 0.2) is 0 Å². The second-order valence-electron chi connectivity index (χ2n) is 4.09. The van der Waals surface area contributed by atoms with E-state index in [2.05, 4.69) is 26.6 Å². The van der Waals surface area contributed by atoms with Gasteiger partial charge in [0.1, 0.15) is 17.2 Å². The molecule has 8 heteroatoms. The Morgan fingerprint density at radius 1 is 1.19 bits per heavy atom. The molecule has 1 aromatic carbocycles. The molecule has 0 saturated heterocycles. The summed E-state index contributed by atoms with van der Waals surface area (Å²) in [6.07, 6.45) is 0.00915. The van der Waals surface area contributed by atoms with Crippen molar-refractivity contribution in [1.29, 1.82) is 0 Å². The highest BCUT2D eigenvalue weighted by Gasteiger charge is 2.18. The van der Waals surface area contributed by atoms with Crippen molar-refractivity contribution in [3.8, 4) is 0 Å². The number of ether oxygens (including phenoxy) is 1. The van der Waals surface area contributed by atoms with Crippen LogP contribution in [0.15, 0.2) is 16.6 Å². The highest BCUT2D eigenvalue weighted by Crippen LogP contribution is 2.19. The van der Waals surface area contributed by atoms with Crippen molar-refractivity contribution in [1.82, 2.24) is 10.6 Å². The predicted molar refractivity (Wildman–Crippen MR) is 75.9 cm³/mol. The van der Waals surface area contributed by atoms with E-state index in [0.29, 0.717) is 13.2 Å². The first-order valence-corrected chi connectivity index (χ1v) is 6.93. The molecule has 0 aliphatic carbocycles. The van der Waals surface area contributed by atoms with E-state index in [0.717, 1.165) is 12.1 Å². The van der Waals surface area contributed by atoms with E-state index in [1.807, 2.05) is 0 Å². The molecule has 2 amide bonds. The number of nitrogens with one attached hydrogen (secondary N) is 2. The molecule has 0 aromatic heterocycles. The summed E-state index contributed by atoms with van der Waals surface area (Å²) >= 11 is 2.92. The van der Waals surface area contributed by atoms with Gasteiger partial charge in [0.25, 0.3) is 5.91 Å². The molecular weight excluding hydrogens is 350 g/mol. The first kappa shape index (κ1) is 17.5. The predicted octanol–water partition coefficient (Wildman–Crippen LogP) is 1.61. The molecular formula is C13H15BrF2N2O3. The zero-order chi connectivity index (χ0) is 15.8. The topological polar surface area (TPSA) is 67.4 Å². The maximum absolute atomic E-state index is 13.5. The molecule has 2 N–H and O–H groups in total. The zero-order valence-electron chi connectivity index (χ0n) is 11.3. The molecule has 1 aromatic rings. The number of carbonyl (C=O) groups is 2. The molecule has 0 aliphatic rings. The Morgan fingerprint density at radius 3 is 2.38 bits per heavy atom. The first-order chi connectivity index (χ1) is 9.95. The minimum absolute atomic E-state index is 0.00915. The minimum Gasteiger partial charge on any atom is -0.383 e. The van der Waals surface area contributed by atoms with Crippen molar-refractivity contribution in [3.05, 3.63) is 33.8 Å². The fourth-order valence-electron chi connectivity index (χ4n) is 1.52. The van der Waals surface area contributed by atoms with E-state index >= 15 is 0 Å². The van der Waals surface area contributed by atoms with Crippen LogP contribution < -0.4 is 10.6 Å². The molecule has 0 atom stereocenters. The number of carbonyl (C=O) groups excluding carboxylic acids is 2. The van der Waals surface area contributed by atoms with Gasteiger partial charge in [-0.2, -0.15) is 0 Å². The summed E-state index contributed by atoms with van der Waals surface area (Å²) in [7, 11) is 1.51. The molecule has 21 heavy (non-hydrogen) atoms. The van der Waals surface area contributed by atoms with Crippen molar-refractivity contribution < 1.29 is 23.1 Å². The Labute approximate surface area is 129 Å². The molecule has 0 saturated carbocycles. The van der Waals surface area contributed by atoms with Crippen molar-refractivity contribution in [2.75, 3.05) is 26.8 Å². The normalized spacial score (nSPS) is 10.3. The van der Waals surface area contributed by atoms with Crippen LogP contribution in [0.5, 0.6) is 0 Å². The minimum atomic E-state index is -0.969. The second kappa shape index (κ2) is 8.68. The van der Waals surface area contributed by atoms with Gasteiger partial charge in [-0.1, -0.05) is 15.9 Å². The van der Waals surface area contributed by atoms with Gasteiger partial charge in [-0.15, -0.1) is 0 Å². The molecule has 0 radical (unpaired) electrons. The van der Waals surface area contributed by atoms with Gasteiger partial charge in [-0.05, 0) is 12.1 Å². The summed E-state index contributed by atoms with van der Waals surface area (Å²) in [5.74, 6) is -3.13. The Bertz CT molecular complexity index is 503. The number of benzene rings is 1. The Balaban J connectivity index is 2.46. The van der Waals surface area contributed by atoms with E-state index < -0.39 is 23.1 Å². The molecule has 0 fully saturated rings. The Morgan fingerprint density at radius 2 is 1.81 bits per heavy atom. The average Bonchev–Trinajstić information content (AvgIpc) is 2.37. The average molecular weight is 365 g/mol. The zero-order valence-corrected chi connectivity index (χ0v) is 12.9. The Kier molecular flexibility index (Phi) is 7.24. The quantitative estimate of drug-likeness (QED) is 0.722. The highest BCUT2D eigenvalue weighted by atomic mass is 79.9. The lowest BCUT2D eigenvalue weighted by molar-refractivity contribution is -0.121. The van der Waals surface area contributed by atoms with Crippen LogP contribution in [0, 0.1) is 11.6 Å². The summed E-state index contributed by atoms with van der Waals surface area (Å²) in [6, 6.07) is 1.99. The third-order valence-electron chi connectivity index (χ3n) is 2.50. The van der Waals surface area contributed by atoms with Crippen LogP contribution >= 0.6 is 15.9 Å². The Hall–Kier alpha value is -1.54. The number of methoxy groups -OCH3 is 1. The van der Waals surface area contributed by atoms with Crippen LogP contribution in [0.3, 0.4) is 0 Å². The van der Waals surface area contributed by atoms with Gasteiger partial charge in [0.2, 0.25) is 5.91 Å². The summed E-state index contributed by atoms with van der Waals surface area (Å²) in [6.45, 7) is 0.721. The second-order valence-corrected chi connectivity index (χ2v) is 5.01. The fourth-order valence-corrected chi connectivity index (χ4v) is 1.92. The molecule has 1 rings (SSSR count). The van der Waals surface area contributed by atoms with Crippen molar-refractivity contribution in [3.63, 3.8) is 0 Å². The SMILES string of the molecule is COCCNC(=O)CCNC(=O)c1c(F)cc(Br)cc1F. The number of hydrogen-bond acceptors (Lipinski definition) is 3. The molecule has 5 nitrogen and oxygen atoms in total. The largest absolute Gasteiger partial charge is 0.383 e. The standard InChI is InChI=1S/C13H15BrF2N2O3/c1-21-5-4-17-11(19)2-3-18-13(20)12-9(15)6-8(14)7-10(12)16/h6-7H,2-5H2,1H3,(H,17,19)(H,18,20). The first-order valence-electron chi connectivity index (χ1n) is 6.14. The van der Waals surface area contributed by atoms with E-state index in [9.17, 15) is 18.4 Å². The number of halogens is 3. The number of hydrogen-bond donors (Lipinski definition) is 2. The summed E-state index contributed by atoms with van der Waals surface area (Å²) < 4.78 is 32.0. The molecule has 116 valence electrons. The van der Waals surface area contributed by atoms with E-state index in [-0.39, 0.29) is 23.3 Å². The van der Waals surface area contributed by atoms with Crippen molar-refractivity contribution in [2.24, 2.45) is 0 Å².